The number of alkyl halides is 6. The van der Waals surface area contributed by atoms with Gasteiger partial charge in [-0.15, -0.1) is 0 Å². The van der Waals surface area contributed by atoms with Gasteiger partial charge in [0, 0.05) is 25.2 Å². The van der Waals surface area contributed by atoms with Gasteiger partial charge in [0.2, 0.25) is 0 Å². The Bertz CT molecular complexity index is 1220. The first kappa shape index (κ1) is 25.1. The van der Waals surface area contributed by atoms with Crippen LogP contribution in [0.1, 0.15) is 23.2 Å². The van der Waals surface area contributed by atoms with Gasteiger partial charge in [0.1, 0.15) is 0 Å². The SMILES string of the molecule is CNC(=O)OCCC(O)(c1ccc(C)c(-c2cnc3c(N)nc(C(F)(F)F)cn23)c1)C(F)(F)F. The van der Waals surface area contributed by atoms with Crippen LogP contribution in [0.4, 0.5) is 37.0 Å². The Morgan fingerprint density at radius 1 is 1.24 bits per heavy atom. The summed E-state index contributed by atoms with van der Waals surface area (Å²) in [6, 6.07) is 3.30. The van der Waals surface area contributed by atoms with Gasteiger partial charge in [-0.1, -0.05) is 12.1 Å². The molecule has 2 heterocycles. The second kappa shape index (κ2) is 8.66. The number of nitrogens with one attached hydrogen (secondary N) is 1. The average molecular weight is 491 g/mol. The van der Waals surface area contributed by atoms with Crippen molar-refractivity contribution in [3.63, 3.8) is 0 Å². The Labute approximate surface area is 188 Å². The van der Waals surface area contributed by atoms with E-state index < -0.39 is 54.1 Å². The molecule has 0 bridgehead atoms. The highest BCUT2D eigenvalue weighted by molar-refractivity contribution is 5.72. The molecule has 0 aliphatic heterocycles. The highest BCUT2D eigenvalue weighted by Gasteiger charge is 2.55. The molecular weight excluding hydrogens is 472 g/mol. The number of aliphatic hydroxyl groups is 1. The van der Waals surface area contributed by atoms with E-state index in [0.29, 0.717) is 11.8 Å². The van der Waals surface area contributed by atoms with E-state index in [9.17, 15) is 36.2 Å². The van der Waals surface area contributed by atoms with Crippen LogP contribution in [0.15, 0.2) is 30.6 Å². The standard InChI is InChI=1S/C20H19F6N5O3/c1-10-3-4-11(18(33,20(24,25)26)5-6-34-17(32)28-2)7-12(10)13-8-29-16-15(27)30-14(9-31(13)16)19(21,22)23/h3-4,7-9,33H,5-6H2,1-2H3,(H2,27,30)(H,28,32). The first-order valence-electron chi connectivity index (χ1n) is 9.65. The fourth-order valence-electron chi connectivity index (χ4n) is 3.32. The molecule has 34 heavy (non-hydrogen) atoms. The van der Waals surface area contributed by atoms with Crippen molar-refractivity contribution < 1.29 is 41.0 Å². The predicted molar refractivity (Wildman–Crippen MR) is 108 cm³/mol. The van der Waals surface area contributed by atoms with Gasteiger partial charge in [-0.2, -0.15) is 26.3 Å². The first-order valence-corrected chi connectivity index (χ1v) is 9.65. The molecule has 0 aliphatic rings. The second-order valence-electron chi connectivity index (χ2n) is 7.37. The molecule has 1 atom stereocenters. The number of hydrogen-bond acceptors (Lipinski definition) is 6. The monoisotopic (exact) mass is 491 g/mol. The summed E-state index contributed by atoms with van der Waals surface area (Å²) in [7, 11) is 1.22. The molecule has 184 valence electrons. The van der Waals surface area contributed by atoms with Crippen LogP contribution in [0.3, 0.4) is 0 Å². The number of nitrogens with two attached hydrogens (primary N) is 1. The molecule has 0 aliphatic carbocycles. The normalized spacial score (nSPS) is 14.1. The summed E-state index contributed by atoms with van der Waals surface area (Å²) in [4.78, 5) is 18.4. The summed E-state index contributed by atoms with van der Waals surface area (Å²) in [5, 5.41) is 12.7. The van der Waals surface area contributed by atoms with Gasteiger partial charge in [0.15, 0.2) is 22.8 Å². The van der Waals surface area contributed by atoms with Crippen LogP contribution in [-0.2, 0) is 16.5 Å². The number of fused-ring (bicyclic) bond motifs is 1. The summed E-state index contributed by atoms with van der Waals surface area (Å²) in [5.74, 6) is -0.520. The summed E-state index contributed by atoms with van der Waals surface area (Å²) in [5.41, 5.74) is 0.597. The number of amides is 1. The second-order valence-corrected chi connectivity index (χ2v) is 7.37. The van der Waals surface area contributed by atoms with E-state index in [1.165, 1.54) is 20.0 Å². The van der Waals surface area contributed by atoms with Crippen LogP contribution >= 0.6 is 0 Å². The van der Waals surface area contributed by atoms with Gasteiger partial charge >= 0.3 is 18.4 Å². The van der Waals surface area contributed by atoms with Crippen molar-refractivity contribution in [1.82, 2.24) is 19.7 Å². The lowest BCUT2D eigenvalue weighted by Crippen LogP contribution is -2.43. The Morgan fingerprint density at radius 3 is 2.50 bits per heavy atom. The van der Waals surface area contributed by atoms with E-state index in [1.54, 1.807) is 0 Å². The van der Waals surface area contributed by atoms with Gasteiger partial charge in [0.05, 0.1) is 18.5 Å². The van der Waals surface area contributed by atoms with Crippen molar-refractivity contribution in [2.45, 2.75) is 31.3 Å². The van der Waals surface area contributed by atoms with Crippen molar-refractivity contribution >= 4 is 17.6 Å². The maximum Gasteiger partial charge on any atom is 0.434 e. The van der Waals surface area contributed by atoms with Gasteiger partial charge < -0.3 is 20.9 Å². The molecule has 1 unspecified atom stereocenters. The summed E-state index contributed by atoms with van der Waals surface area (Å²) in [6.45, 7) is 0.765. The Hall–Kier alpha value is -3.55. The molecule has 0 fully saturated rings. The number of nitrogen functional groups attached to an aromatic ring is 1. The van der Waals surface area contributed by atoms with Crippen LogP contribution in [0, 0.1) is 6.92 Å². The molecule has 0 saturated heterocycles. The molecule has 4 N–H and O–H groups in total. The maximum absolute atomic E-state index is 13.9. The lowest BCUT2D eigenvalue weighted by atomic mass is 9.87. The quantitative estimate of drug-likeness (QED) is 0.468. The van der Waals surface area contributed by atoms with Crippen molar-refractivity contribution in [2.24, 2.45) is 0 Å². The van der Waals surface area contributed by atoms with Crippen LogP contribution in [0.5, 0.6) is 0 Å². The molecule has 14 heteroatoms. The van der Waals surface area contributed by atoms with E-state index in [0.717, 1.165) is 22.7 Å². The van der Waals surface area contributed by atoms with Crippen molar-refractivity contribution in [3.8, 4) is 11.3 Å². The fraction of sp³-hybridized carbons (Fsp3) is 0.350. The van der Waals surface area contributed by atoms with Crippen LogP contribution in [-0.4, -0.2) is 45.4 Å². The largest absolute Gasteiger partial charge is 0.449 e. The average Bonchev–Trinajstić information content (AvgIpc) is 3.16. The summed E-state index contributed by atoms with van der Waals surface area (Å²) >= 11 is 0. The molecule has 0 saturated carbocycles. The maximum atomic E-state index is 13.9. The highest BCUT2D eigenvalue weighted by Crippen LogP contribution is 2.43. The van der Waals surface area contributed by atoms with Crippen molar-refractivity contribution in [1.29, 1.82) is 0 Å². The minimum atomic E-state index is -5.16. The van der Waals surface area contributed by atoms with E-state index in [1.807, 2.05) is 0 Å². The number of aryl methyl sites for hydroxylation is 1. The fourth-order valence-corrected chi connectivity index (χ4v) is 3.32. The number of hydrogen-bond donors (Lipinski definition) is 3. The smallest absolute Gasteiger partial charge is 0.434 e. The molecule has 0 radical (unpaired) electrons. The molecule has 1 amide bonds. The number of halogens is 6. The molecular formula is C20H19F6N5O3. The van der Waals surface area contributed by atoms with E-state index in [4.69, 9.17) is 5.73 Å². The Balaban J connectivity index is 2.14. The van der Waals surface area contributed by atoms with Crippen molar-refractivity contribution in [2.75, 3.05) is 19.4 Å². The number of carbonyl (C=O) groups is 1. The highest BCUT2D eigenvalue weighted by atomic mass is 19.4. The van der Waals surface area contributed by atoms with Crippen LogP contribution in [0.2, 0.25) is 0 Å². The van der Waals surface area contributed by atoms with Gasteiger partial charge in [-0.3, -0.25) is 4.40 Å². The third-order valence-electron chi connectivity index (χ3n) is 5.17. The number of nitrogens with zero attached hydrogens (tertiary/aromatic N) is 3. The zero-order valence-electron chi connectivity index (χ0n) is 17.8. The molecule has 0 spiro atoms. The minimum absolute atomic E-state index is 0.0000789. The molecule has 3 aromatic rings. The number of aromatic nitrogens is 3. The summed E-state index contributed by atoms with van der Waals surface area (Å²) in [6.07, 6.45) is -10.2. The van der Waals surface area contributed by atoms with E-state index in [2.05, 4.69) is 20.0 Å². The molecule has 2 aromatic heterocycles. The van der Waals surface area contributed by atoms with Gasteiger partial charge in [0.25, 0.3) is 0 Å². The minimum Gasteiger partial charge on any atom is -0.449 e. The number of alkyl carbamates (subject to hydrolysis) is 1. The van der Waals surface area contributed by atoms with Gasteiger partial charge in [-0.05, 0) is 24.1 Å². The number of anilines is 1. The first-order chi connectivity index (χ1) is 15.7. The molecule has 1 aromatic carbocycles. The molecule has 8 nitrogen and oxygen atoms in total. The van der Waals surface area contributed by atoms with Gasteiger partial charge in [-0.25, -0.2) is 14.8 Å². The third-order valence-corrected chi connectivity index (χ3v) is 5.17. The number of carbonyl (C=O) groups excluding carboxylic acids is 1. The predicted octanol–water partition coefficient (Wildman–Crippen LogP) is 3.80. The zero-order valence-corrected chi connectivity index (χ0v) is 17.8. The van der Waals surface area contributed by atoms with Crippen LogP contribution < -0.4 is 11.1 Å². The molecule has 3 rings (SSSR count). The van der Waals surface area contributed by atoms with E-state index >= 15 is 0 Å². The van der Waals surface area contributed by atoms with Crippen molar-refractivity contribution in [3.05, 3.63) is 47.4 Å². The lowest BCUT2D eigenvalue weighted by molar-refractivity contribution is -0.271. The van der Waals surface area contributed by atoms with E-state index in [-0.39, 0.29) is 16.9 Å². The number of benzene rings is 1. The Kier molecular flexibility index (Phi) is 6.39. The zero-order chi connectivity index (χ0) is 25.5. The lowest BCUT2D eigenvalue weighted by Gasteiger charge is -2.31. The number of imidazole rings is 1. The topological polar surface area (TPSA) is 115 Å². The van der Waals surface area contributed by atoms with Crippen LogP contribution in [0.25, 0.3) is 16.9 Å². The number of rotatable bonds is 5. The number of ether oxygens (including phenoxy) is 1. The Morgan fingerprint density at radius 2 is 1.91 bits per heavy atom. The summed E-state index contributed by atoms with van der Waals surface area (Å²) < 4.78 is 86.9. The third kappa shape index (κ3) is 4.58.